The molecule has 110 valence electrons. The SMILES string of the molecule is CCCNc1cnccc1C(=O)NCc1cnc(C)cn1. The number of aromatic nitrogens is 3. The number of rotatable bonds is 6. The highest BCUT2D eigenvalue weighted by molar-refractivity contribution is 5.99. The Balaban J connectivity index is 2.01. The number of nitrogens with zero attached hydrogens (tertiary/aromatic N) is 3. The summed E-state index contributed by atoms with van der Waals surface area (Å²) in [6.07, 6.45) is 7.60. The monoisotopic (exact) mass is 285 g/mol. The Kier molecular flexibility index (Phi) is 5.20. The van der Waals surface area contributed by atoms with Crippen LogP contribution in [0.25, 0.3) is 0 Å². The van der Waals surface area contributed by atoms with E-state index < -0.39 is 0 Å². The first-order valence-electron chi connectivity index (χ1n) is 6.94. The molecule has 0 aromatic carbocycles. The van der Waals surface area contributed by atoms with Gasteiger partial charge in [-0.15, -0.1) is 0 Å². The maximum atomic E-state index is 12.2. The van der Waals surface area contributed by atoms with E-state index in [1.165, 1.54) is 0 Å². The zero-order chi connectivity index (χ0) is 15.1. The predicted molar refractivity (Wildman–Crippen MR) is 81.0 cm³/mol. The van der Waals surface area contributed by atoms with Crippen molar-refractivity contribution in [2.45, 2.75) is 26.8 Å². The molecule has 0 unspecified atom stereocenters. The molecule has 0 aliphatic rings. The largest absolute Gasteiger partial charge is 0.383 e. The molecule has 2 heterocycles. The van der Waals surface area contributed by atoms with Gasteiger partial charge >= 0.3 is 0 Å². The second-order valence-electron chi connectivity index (χ2n) is 4.68. The molecule has 0 aliphatic carbocycles. The second kappa shape index (κ2) is 7.33. The molecule has 0 spiro atoms. The molecule has 2 rings (SSSR count). The van der Waals surface area contributed by atoms with E-state index in [4.69, 9.17) is 0 Å². The van der Waals surface area contributed by atoms with Crippen molar-refractivity contribution in [3.63, 3.8) is 0 Å². The molecule has 0 fully saturated rings. The molecular formula is C15H19N5O. The van der Waals surface area contributed by atoms with Crippen molar-refractivity contribution < 1.29 is 4.79 Å². The zero-order valence-corrected chi connectivity index (χ0v) is 12.3. The maximum absolute atomic E-state index is 12.2. The molecule has 0 radical (unpaired) electrons. The van der Waals surface area contributed by atoms with E-state index in [-0.39, 0.29) is 5.91 Å². The van der Waals surface area contributed by atoms with Gasteiger partial charge in [0.15, 0.2) is 0 Å². The number of hydrogen-bond donors (Lipinski definition) is 2. The minimum absolute atomic E-state index is 0.154. The number of nitrogens with one attached hydrogen (secondary N) is 2. The summed E-state index contributed by atoms with van der Waals surface area (Å²) in [6, 6.07) is 1.70. The van der Waals surface area contributed by atoms with E-state index in [2.05, 4.69) is 32.5 Å². The van der Waals surface area contributed by atoms with E-state index in [9.17, 15) is 4.79 Å². The summed E-state index contributed by atoms with van der Waals surface area (Å²) in [7, 11) is 0. The van der Waals surface area contributed by atoms with Crippen LogP contribution in [-0.2, 0) is 6.54 Å². The van der Waals surface area contributed by atoms with Gasteiger partial charge in [0.2, 0.25) is 0 Å². The second-order valence-corrected chi connectivity index (χ2v) is 4.68. The molecule has 0 aliphatic heterocycles. The topological polar surface area (TPSA) is 79.8 Å². The van der Waals surface area contributed by atoms with E-state index in [0.29, 0.717) is 12.1 Å². The summed E-state index contributed by atoms with van der Waals surface area (Å²) in [4.78, 5) is 24.6. The molecule has 6 nitrogen and oxygen atoms in total. The van der Waals surface area contributed by atoms with Gasteiger partial charge in [0, 0.05) is 18.9 Å². The van der Waals surface area contributed by atoms with E-state index >= 15 is 0 Å². The Morgan fingerprint density at radius 3 is 2.81 bits per heavy atom. The Morgan fingerprint density at radius 1 is 1.24 bits per heavy atom. The molecule has 2 aromatic heterocycles. The highest BCUT2D eigenvalue weighted by Crippen LogP contribution is 2.13. The smallest absolute Gasteiger partial charge is 0.253 e. The average molecular weight is 285 g/mol. The van der Waals surface area contributed by atoms with Crippen molar-refractivity contribution in [1.29, 1.82) is 0 Å². The number of hydrogen-bond acceptors (Lipinski definition) is 5. The highest BCUT2D eigenvalue weighted by Gasteiger charge is 2.11. The van der Waals surface area contributed by atoms with Crippen molar-refractivity contribution in [3.05, 3.63) is 47.8 Å². The fourth-order valence-electron chi connectivity index (χ4n) is 1.77. The third-order valence-corrected chi connectivity index (χ3v) is 2.90. The maximum Gasteiger partial charge on any atom is 0.253 e. The van der Waals surface area contributed by atoms with E-state index in [0.717, 1.165) is 30.0 Å². The molecule has 6 heteroatoms. The number of carbonyl (C=O) groups excluding carboxylic acids is 1. The van der Waals surface area contributed by atoms with Gasteiger partial charge in [-0.1, -0.05) is 6.92 Å². The lowest BCUT2D eigenvalue weighted by atomic mass is 10.2. The minimum atomic E-state index is -0.154. The molecule has 2 N–H and O–H groups in total. The molecule has 0 bridgehead atoms. The van der Waals surface area contributed by atoms with Gasteiger partial charge in [0.25, 0.3) is 5.91 Å². The normalized spacial score (nSPS) is 10.2. The molecule has 21 heavy (non-hydrogen) atoms. The van der Waals surface area contributed by atoms with Crippen molar-refractivity contribution in [2.75, 3.05) is 11.9 Å². The third-order valence-electron chi connectivity index (χ3n) is 2.90. The molecular weight excluding hydrogens is 266 g/mol. The predicted octanol–water partition coefficient (Wildman–Crippen LogP) is 1.93. The van der Waals surface area contributed by atoms with Gasteiger partial charge in [-0.25, -0.2) is 0 Å². The fraction of sp³-hybridized carbons (Fsp3) is 0.333. The molecule has 1 amide bonds. The van der Waals surface area contributed by atoms with Crippen LogP contribution in [0.2, 0.25) is 0 Å². The zero-order valence-electron chi connectivity index (χ0n) is 12.3. The summed E-state index contributed by atoms with van der Waals surface area (Å²) < 4.78 is 0. The Labute approximate surface area is 124 Å². The van der Waals surface area contributed by atoms with Gasteiger partial charge in [0.1, 0.15) is 0 Å². The average Bonchev–Trinajstić information content (AvgIpc) is 2.52. The standard InChI is InChI=1S/C15H19N5O/c1-3-5-17-14-10-16-6-4-13(14)15(21)20-9-12-8-18-11(2)7-19-12/h4,6-8,10,17H,3,5,9H2,1-2H3,(H,20,21). The number of amides is 1. The minimum Gasteiger partial charge on any atom is -0.383 e. The van der Waals surface area contributed by atoms with Gasteiger partial charge in [-0.05, 0) is 19.4 Å². The van der Waals surface area contributed by atoms with Crippen molar-refractivity contribution in [2.24, 2.45) is 0 Å². The van der Waals surface area contributed by atoms with E-state index in [1.807, 2.05) is 6.92 Å². The number of carbonyl (C=O) groups is 1. The Morgan fingerprint density at radius 2 is 2.10 bits per heavy atom. The van der Waals surface area contributed by atoms with Crippen LogP contribution in [0.4, 0.5) is 5.69 Å². The molecule has 0 atom stereocenters. The van der Waals surface area contributed by atoms with Crippen LogP contribution in [0, 0.1) is 6.92 Å². The van der Waals surface area contributed by atoms with Gasteiger partial charge in [-0.2, -0.15) is 0 Å². The lowest BCUT2D eigenvalue weighted by molar-refractivity contribution is 0.0951. The first-order chi connectivity index (χ1) is 10.2. The van der Waals surface area contributed by atoms with Crippen LogP contribution in [0.15, 0.2) is 30.9 Å². The molecule has 0 saturated heterocycles. The van der Waals surface area contributed by atoms with Crippen LogP contribution < -0.4 is 10.6 Å². The van der Waals surface area contributed by atoms with Crippen molar-refractivity contribution in [1.82, 2.24) is 20.3 Å². The first-order valence-corrected chi connectivity index (χ1v) is 6.94. The number of aryl methyl sites for hydroxylation is 1. The van der Waals surface area contributed by atoms with E-state index in [1.54, 1.807) is 30.9 Å². The third kappa shape index (κ3) is 4.24. The quantitative estimate of drug-likeness (QED) is 0.847. The number of anilines is 1. The van der Waals surface area contributed by atoms with Crippen LogP contribution in [0.1, 0.15) is 35.1 Å². The van der Waals surface area contributed by atoms with Crippen LogP contribution >= 0.6 is 0 Å². The van der Waals surface area contributed by atoms with Gasteiger partial charge in [-0.3, -0.25) is 19.7 Å². The molecule has 0 saturated carbocycles. The Hall–Kier alpha value is -2.50. The number of pyridine rings is 1. The summed E-state index contributed by atoms with van der Waals surface area (Å²) in [6.45, 7) is 5.09. The fourth-order valence-corrected chi connectivity index (χ4v) is 1.77. The summed E-state index contributed by atoms with van der Waals surface area (Å²) in [5, 5.41) is 6.04. The summed E-state index contributed by atoms with van der Waals surface area (Å²) in [5.74, 6) is -0.154. The van der Waals surface area contributed by atoms with Crippen molar-refractivity contribution >= 4 is 11.6 Å². The summed E-state index contributed by atoms with van der Waals surface area (Å²) >= 11 is 0. The van der Waals surface area contributed by atoms with Gasteiger partial charge < -0.3 is 10.6 Å². The lowest BCUT2D eigenvalue weighted by Gasteiger charge is -2.10. The van der Waals surface area contributed by atoms with Crippen LogP contribution in [-0.4, -0.2) is 27.4 Å². The van der Waals surface area contributed by atoms with Gasteiger partial charge in [0.05, 0.1) is 41.6 Å². The summed E-state index contributed by atoms with van der Waals surface area (Å²) in [5.41, 5.74) is 2.90. The molecule has 2 aromatic rings. The van der Waals surface area contributed by atoms with Crippen LogP contribution in [0.3, 0.4) is 0 Å². The lowest BCUT2D eigenvalue weighted by Crippen LogP contribution is -2.24. The van der Waals surface area contributed by atoms with Crippen LogP contribution in [0.5, 0.6) is 0 Å². The highest BCUT2D eigenvalue weighted by atomic mass is 16.1. The Bertz CT molecular complexity index is 597. The van der Waals surface area contributed by atoms with Crippen molar-refractivity contribution in [3.8, 4) is 0 Å². The first kappa shape index (κ1) is 14.9.